The van der Waals surface area contributed by atoms with Crippen LogP contribution in [0.25, 0.3) is 10.2 Å². The molecule has 1 aliphatic heterocycles. The molecule has 28 heavy (non-hydrogen) atoms. The average Bonchev–Trinajstić information content (AvgIpc) is 3.17. The van der Waals surface area contributed by atoms with Gasteiger partial charge >= 0.3 is 0 Å². The van der Waals surface area contributed by atoms with Crippen molar-refractivity contribution in [1.29, 1.82) is 0 Å². The van der Waals surface area contributed by atoms with Gasteiger partial charge in [0, 0.05) is 24.7 Å². The number of carbonyl (C=O) groups is 1. The maximum absolute atomic E-state index is 12.7. The number of nitrogens with one attached hydrogen (secondary N) is 1. The molecule has 3 aromatic rings. The zero-order valence-corrected chi connectivity index (χ0v) is 17.2. The van der Waals surface area contributed by atoms with Crippen molar-refractivity contribution < 1.29 is 4.79 Å². The first-order valence-electron chi connectivity index (χ1n) is 10.2. The lowest BCUT2D eigenvalue weighted by Crippen LogP contribution is -2.32. The number of hydrogen-bond donors (Lipinski definition) is 1. The van der Waals surface area contributed by atoms with Crippen LogP contribution in [-0.2, 0) is 6.42 Å². The van der Waals surface area contributed by atoms with Crippen molar-refractivity contribution in [3.05, 3.63) is 59.7 Å². The van der Waals surface area contributed by atoms with Gasteiger partial charge in [0.05, 0.1) is 10.2 Å². The van der Waals surface area contributed by atoms with E-state index in [9.17, 15) is 4.79 Å². The van der Waals surface area contributed by atoms with Crippen molar-refractivity contribution in [2.75, 3.05) is 18.0 Å². The van der Waals surface area contributed by atoms with Gasteiger partial charge in [0.1, 0.15) is 0 Å². The van der Waals surface area contributed by atoms with E-state index in [1.165, 1.54) is 24.8 Å². The van der Waals surface area contributed by atoms with Gasteiger partial charge in [-0.2, -0.15) is 0 Å². The largest absolute Gasteiger partial charge is 0.350 e. The van der Waals surface area contributed by atoms with Gasteiger partial charge in [-0.1, -0.05) is 41.7 Å². The van der Waals surface area contributed by atoms with Crippen LogP contribution >= 0.6 is 11.3 Å². The number of aryl methyl sites for hydroxylation is 1. The number of anilines is 1. The van der Waals surface area contributed by atoms with E-state index in [0.29, 0.717) is 5.56 Å². The van der Waals surface area contributed by atoms with Crippen molar-refractivity contribution in [1.82, 2.24) is 10.3 Å². The molecule has 1 aromatic heterocycles. The van der Waals surface area contributed by atoms with Gasteiger partial charge in [-0.25, -0.2) is 4.98 Å². The minimum atomic E-state index is -0.00427. The van der Waals surface area contributed by atoms with E-state index < -0.39 is 0 Å². The Balaban J connectivity index is 1.39. The van der Waals surface area contributed by atoms with Crippen molar-refractivity contribution in [3.63, 3.8) is 0 Å². The summed E-state index contributed by atoms with van der Waals surface area (Å²) in [6.07, 6.45) is 5.69. The molecular formula is C23H27N3OS. The number of fused-ring (bicyclic) bond motifs is 1. The standard InChI is InChI=1S/C23H27N3OS/c1-17(10-11-18-8-4-2-5-9-18)24-22(27)19-12-13-20-21(16-19)28-23(25-20)26-14-6-3-7-15-26/h2,4-5,8-9,12-13,16-17H,3,6-7,10-11,14-15H2,1H3,(H,24,27)/t17-/m0/s1. The minimum absolute atomic E-state index is 0.00427. The van der Waals surface area contributed by atoms with Crippen LogP contribution in [0.3, 0.4) is 0 Å². The second-order valence-electron chi connectivity index (χ2n) is 7.63. The number of amides is 1. The number of piperidine rings is 1. The first kappa shape index (κ1) is 18.9. The summed E-state index contributed by atoms with van der Waals surface area (Å²) in [7, 11) is 0. The fraction of sp³-hybridized carbons (Fsp3) is 0.391. The van der Waals surface area contributed by atoms with E-state index in [1.807, 2.05) is 24.3 Å². The molecule has 1 saturated heterocycles. The van der Waals surface area contributed by atoms with E-state index in [4.69, 9.17) is 4.98 Å². The average molecular weight is 394 g/mol. The summed E-state index contributed by atoms with van der Waals surface area (Å²) in [6, 6.07) is 16.4. The second kappa shape index (κ2) is 8.74. The molecule has 5 heteroatoms. The topological polar surface area (TPSA) is 45.2 Å². The number of hydrogen-bond acceptors (Lipinski definition) is 4. The molecule has 0 radical (unpaired) electrons. The SMILES string of the molecule is C[C@@H](CCc1ccccc1)NC(=O)c1ccc2nc(N3CCCCC3)sc2c1. The van der Waals surface area contributed by atoms with Gasteiger partial charge in [0.25, 0.3) is 5.91 Å². The Labute approximate surface area is 170 Å². The molecule has 146 valence electrons. The highest BCUT2D eigenvalue weighted by molar-refractivity contribution is 7.22. The Kier molecular flexibility index (Phi) is 5.91. The highest BCUT2D eigenvalue weighted by atomic mass is 32.1. The minimum Gasteiger partial charge on any atom is -0.350 e. The Morgan fingerprint density at radius 1 is 1.14 bits per heavy atom. The monoisotopic (exact) mass is 393 g/mol. The first-order valence-corrected chi connectivity index (χ1v) is 11.0. The van der Waals surface area contributed by atoms with Crippen molar-refractivity contribution >= 4 is 32.6 Å². The van der Waals surface area contributed by atoms with Gasteiger partial charge in [-0.15, -0.1) is 0 Å². The lowest BCUT2D eigenvalue weighted by molar-refractivity contribution is 0.0938. The summed E-state index contributed by atoms with van der Waals surface area (Å²) in [5, 5.41) is 4.22. The number of aromatic nitrogens is 1. The normalized spacial score (nSPS) is 15.5. The molecule has 2 heterocycles. The van der Waals surface area contributed by atoms with Crippen LogP contribution in [0.4, 0.5) is 5.13 Å². The molecule has 0 spiro atoms. The van der Waals surface area contributed by atoms with E-state index >= 15 is 0 Å². The van der Waals surface area contributed by atoms with Gasteiger partial charge in [0.2, 0.25) is 0 Å². The Bertz CT molecular complexity index is 931. The zero-order valence-electron chi connectivity index (χ0n) is 16.4. The molecule has 1 fully saturated rings. The third-order valence-electron chi connectivity index (χ3n) is 5.35. The number of rotatable bonds is 6. The maximum Gasteiger partial charge on any atom is 0.251 e. The molecule has 4 rings (SSSR count). The number of benzene rings is 2. The number of carbonyl (C=O) groups excluding carboxylic acids is 1. The summed E-state index contributed by atoms with van der Waals surface area (Å²) in [4.78, 5) is 19.8. The Morgan fingerprint density at radius 2 is 1.93 bits per heavy atom. The molecule has 0 unspecified atom stereocenters. The molecule has 4 nitrogen and oxygen atoms in total. The van der Waals surface area contributed by atoms with E-state index in [-0.39, 0.29) is 11.9 Å². The van der Waals surface area contributed by atoms with Crippen LogP contribution < -0.4 is 10.2 Å². The van der Waals surface area contributed by atoms with Crippen LogP contribution in [0.5, 0.6) is 0 Å². The molecule has 0 bridgehead atoms. The predicted molar refractivity (Wildman–Crippen MR) is 117 cm³/mol. The summed E-state index contributed by atoms with van der Waals surface area (Å²) >= 11 is 1.70. The summed E-state index contributed by atoms with van der Waals surface area (Å²) in [5.74, 6) is -0.00427. The molecule has 0 saturated carbocycles. The fourth-order valence-corrected chi connectivity index (χ4v) is 4.74. The van der Waals surface area contributed by atoms with E-state index in [1.54, 1.807) is 11.3 Å². The van der Waals surface area contributed by atoms with Crippen LogP contribution in [0.15, 0.2) is 48.5 Å². The quantitative estimate of drug-likeness (QED) is 0.638. The van der Waals surface area contributed by atoms with Gasteiger partial charge in [0.15, 0.2) is 5.13 Å². The van der Waals surface area contributed by atoms with E-state index in [2.05, 4.69) is 41.4 Å². The van der Waals surface area contributed by atoms with Crippen molar-refractivity contribution in [2.45, 2.75) is 45.1 Å². The summed E-state index contributed by atoms with van der Waals surface area (Å²) in [6.45, 7) is 4.25. The number of nitrogens with zero attached hydrogens (tertiary/aromatic N) is 2. The lowest BCUT2D eigenvalue weighted by atomic mass is 10.1. The third-order valence-corrected chi connectivity index (χ3v) is 6.43. The van der Waals surface area contributed by atoms with Crippen molar-refractivity contribution in [3.8, 4) is 0 Å². The first-order chi connectivity index (χ1) is 13.7. The molecule has 1 aliphatic rings. The van der Waals surface area contributed by atoms with Gasteiger partial charge < -0.3 is 10.2 Å². The van der Waals surface area contributed by atoms with Crippen LogP contribution in [-0.4, -0.2) is 30.0 Å². The smallest absolute Gasteiger partial charge is 0.251 e. The highest BCUT2D eigenvalue weighted by Gasteiger charge is 2.16. The number of thiazole rings is 1. The predicted octanol–water partition coefficient (Wildman–Crippen LogP) is 5.04. The zero-order chi connectivity index (χ0) is 19.3. The third kappa shape index (κ3) is 4.53. The summed E-state index contributed by atoms with van der Waals surface area (Å²) < 4.78 is 1.09. The second-order valence-corrected chi connectivity index (χ2v) is 8.63. The van der Waals surface area contributed by atoms with Crippen LogP contribution in [0.2, 0.25) is 0 Å². The molecular weight excluding hydrogens is 366 g/mol. The highest BCUT2D eigenvalue weighted by Crippen LogP contribution is 2.31. The Morgan fingerprint density at radius 3 is 2.71 bits per heavy atom. The maximum atomic E-state index is 12.7. The molecule has 0 aliphatic carbocycles. The molecule has 1 amide bonds. The molecule has 1 N–H and O–H groups in total. The fourth-order valence-electron chi connectivity index (χ4n) is 3.68. The van der Waals surface area contributed by atoms with Gasteiger partial charge in [-0.3, -0.25) is 4.79 Å². The van der Waals surface area contributed by atoms with E-state index in [0.717, 1.165) is 41.3 Å². The van der Waals surface area contributed by atoms with Crippen molar-refractivity contribution in [2.24, 2.45) is 0 Å². The lowest BCUT2D eigenvalue weighted by Gasteiger charge is -2.25. The molecule has 1 atom stereocenters. The van der Waals surface area contributed by atoms with Crippen LogP contribution in [0, 0.1) is 0 Å². The molecule has 2 aromatic carbocycles. The van der Waals surface area contributed by atoms with Crippen LogP contribution in [0.1, 0.15) is 48.5 Å². The summed E-state index contributed by atoms with van der Waals surface area (Å²) in [5.41, 5.74) is 3.01. The van der Waals surface area contributed by atoms with Gasteiger partial charge in [-0.05, 0) is 62.8 Å². The Hall–Kier alpha value is -2.40.